The van der Waals surface area contributed by atoms with E-state index in [1.54, 1.807) is 12.1 Å². The van der Waals surface area contributed by atoms with E-state index < -0.39 is 5.97 Å². The molecule has 0 saturated carbocycles. The van der Waals surface area contributed by atoms with Crippen LogP contribution in [-0.2, 0) is 0 Å². The quantitative estimate of drug-likeness (QED) is 0.871. The topological polar surface area (TPSA) is 62.3 Å². The molecule has 6 heteroatoms. The van der Waals surface area contributed by atoms with E-state index >= 15 is 0 Å². The molecule has 1 aromatic carbocycles. The molecule has 2 aromatic rings. The Morgan fingerprint density at radius 1 is 1.44 bits per heavy atom. The second kappa shape index (κ2) is 3.88. The van der Waals surface area contributed by atoms with Gasteiger partial charge in [-0.15, -0.1) is 0 Å². The Kier molecular flexibility index (Phi) is 2.69. The summed E-state index contributed by atoms with van der Waals surface area (Å²) in [4.78, 5) is 13.8. The number of aromatic carboxylic acids is 1. The second-order valence-corrected chi connectivity index (χ2v) is 3.90. The number of hydrogen-bond donors (Lipinski definition) is 2. The van der Waals surface area contributed by atoms with Gasteiger partial charge in [0.05, 0.1) is 17.6 Å². The van der Waals surface area contributed by atoms with Crippen LogP contribution in [0.3, 0.4) is 0 Å². The molecule has 2 rings (SSSR count). The van der Waals surface area contributed by atoms with Gasteiger partial charge in [0.1, 0.15) is 16.5 Å². The van der Waals surface area contributed by atoms with E-state index in [1.807, 2.05) is 0 Å². The normalized spacial score (nSPS) is 10.7. The van der Waals surface area contributed by atoms with Gasteiger partial charge in [-0.2, -0.15) is 0 Å². The van der Waals surface area contributed by atoms with Crippen molar-refractivity contribution in [1.82, 2.24) is 4.98 Å². The Morgan fingerprint density at radius 2 is 2.12 bits per heavy atom. The molecule has 0 spiro atoms. The minimum Gasteiger partial charge on any atom is -0.495 e. The van der Waals surface area contributed by atoms with Crippen LogP contribution in [0.5, 0.6) is 5.75 Å². The number of aromatic nitrogens is 1. The number of carboxylic acid groups (broad SMARTS) is 1. The van der Waals surface area contributed by atoms with Crippen molar-refractivity contribution in [3.63, 3.8) is 0 Å². The maximum Gasteiger partial charge on any atom is 0.339 e. The lowest BCUT2D eigenvalue weighted by atomic mass is 10.1. The highest BCUT2D eigenvalue weighted by molar-refractivity contribution is 6.40. The molecule has 0 aliphatic rings. The third-order valence-electron chi connectivity index (χ3n) is 2.25. The van der Waals surface area contributed by atoms with E-state index in [2.05, 4.69) is 4.98 Å². The minimum atomic E-state index is -1.13. The fraction of sp³-hybridized carbons (Fsp3) is 0.100. The van der Waals surface area contributed by atoms with Crippen LogP contribution in [0.4, 0.5) is 0 Å². The first kappa shape index (κ1) is 11.1. The van der Waals surface area contributed by atoms with Gasteiger partial charge in [0.25, 0.3) is 0 Å². The van der Waals surface area contributed by atoms with Gasteiger partial charge < -0.3 is 14.8 Å². The summed E-state index contributed by atoms with van der Waals surface area (Å²) in [6, 6.07) is 3.21. The van der Waals surface area contributed by atoms with Crippen LogP contribution >= 0.6 is 23.2 Å². The maximum absolute atomic E-state index is 11.0. The number of rotatable bonds is 2. The summed E-state index contributed by atoms with van der Waals surface area (Å²) >= 11 is 11.8. The molecule has 84 valence electrons. The molecular weight excluding hydrogens is 253 g/mol. The lowest BCUT2D eigenvalue weighted by Gasteiger charge is -2.02. The van der Waals surface area contributed by atoms with E-state index in [4.69, 9.17) is 33.0 Å². The number of carboxylic acids is 1. The Labute approximate surface area is 101 Å². The number of ether oxygens (including phenoxy) is 1. The highest BCUT2D eigenvalue weighted by atomic mass is 35.5. The summed E-state index contributed by atoms with van der Waals surface area (Å²) in [6.07, 6.45) is 0. The number of aromatic amines is 1. The molecule has 2 N–H and O–H groups in total. The first-order chi connectivity index (χ1) is 7.56. The number of nitrogens with one attached hydrogen (secondary N) is 1. The van der Waals surface area contributed by atoms with E-state index in [0.29, 0.717) is 21.7 Å². The SMILES string of the molecule is COc1ccc(Cl)c2c(C(=O)O)c(Cl)[nH]c12. The lowest BCUT2D eigenvalue weighted by Crippen LogP contribution is -1.95. The minimum absolute atomic E-state index is 0.0360. The van der Waals surface area contributed by atoms with Crippen LogP contribution in [0.25, 0.3) is 10.9 Å². The van der Waals surface area contributed by atoms with Gasteiger partial charge in [-0.1, -0.05) is 23.2 Å². The third kappa shape index (κ3) is 1.50. The molecule has 1 heterocycles. The summed E-state index contributed by atoms with van der Waals surface area (Å²) in [5, 5.41) is 9.75. The number of carbonyl (C=O) groups is 1. The van der Waals surface area contributed by atoms with Gasteiger partial charge in [0, 0.05) is 5.39 Å². The van der Waals surface area contributed by atoms with Crippen molar-refractivity contribution >= 4 is 40.1 Å². The Bertz CT molecular complexity index is 577. The van der Waals surface area contributed by atoms with Gasteiger partial charge in [0.15, 0.2) is 0 Å². The summed E-state index contributed by atoms with van der Waals surface area (Å²) in [5.74, 6) is -0.639. The molecule has 0 aliphatic heterocycles. The van der Waals surface area contributed by atoms with Crippen molar-refractivity contribution in [2.45, 2.75) is 0 Å². The molecule has 0 amide bonds. The predicted octanol–water partition coefficient (Wildman–Crippen LogP) is 3.18. The Morgan fingerprint density at radius 3 is 2.69 bits per heavy atom. The number of hydrogen-bond acceptors (Lipinski definition) is 2. The fourth-order valence-corrected chi connectivity index (χ4v) is 2.10. The van der Waals surface area contributed by atoms with Gasteiger partial charge in [0.2, 0.25) is 0 Å². The first-order valence-corrected chi connectivity index (χ1v) is 5.08. The standard InChI is InChI=1S/C10H7Cl2NO3/c1-16-5-3-2-4(11)6-7(10(14)15)9(12)13-8(5)6/h2-3,13H,1H3,(H,14,15). The zero-order valence-electron chi connectivity index (χ0n) is 8.17. The molecule has 0 atom stereocenters. The first-order valence-electron chi connectivity index (χ1n) is 4.33. The fourth-order valence-electron chi connectivity index (χ4n) is 1.58. The molecule has 0 saturated heterocycles. The van der Waals surface area contributed by atoms with Crippen LogP contribution in [0.15, 0.2) is 12.1 Å². The predicted molar refractivity (Wildman–Crippen MR) is 61.8 cm³/mol. The van der Waals surface area contributed by atoms with E-state index in [1.165, 1.54) is 7.11 Å². The van der Waals surface area contributed by atoms with Crippen LogP contribution in [0.1, 0.15) is 10.4 Å². The zero-order valence-corrected chi connectivity index (χ0v) is 9.69. The Hall–Kier alpha value is -1.39. The summed E-state index contributed by atoms with van der Waals surface area (Å²) in [5.41, 5.74) is 0.443. The average Bonchev–Trinajstić information content (AvgIpc) is 2.57. The number of methoxy groups -OCH3 is 1. The maximum atomic E-state index is 11.0. The van der Waals surface area contributed by atoms with Gasteiger partial charge in [-0.25, -0.2) is 4.79 Å². The van der Waals surface area contributed by atoms with Crippen LogP contribution in [0.2, 0.25) is 10.2 Å². The molecule has 16 heavy (non-hydrogen) atoms. The Balaban J connectivity index is 2.93. The highest BCUT2D eigenvalue weighted by Gasteiger charge is 2.21. The van der Waals surface area contributed by atoms with Gasteiger partial charge in [-0.3, -0.25) is 0 Å². The summed E-state index contributed by atoms with van der Waals surface area (Å²) in [6.45, 7) is 0. The lowest BCUT2D eigenvalue weighted by molar-refractivity contribution is 0.0699. The van der Waals surface area contributed by atoms with Crippen LogP contribution in [-0.4, -0.2) is 23.2 Å². The van der Waals surface area contributed by atoms with Crippen molar-refractivity contribution in [3.05, 3.63) is 27.9 Å². The van der Waals surface area contributed by atoms with Crippen molar-refractivity contribution in [2.75, 3.05) is 7.11 Å². The molecule has 0 fully saturated rings. The monoisotopic (exact) mass is 259 g/mol. The van der Waals surface area contributed by atoms with Crippen LogP contribution < -0.4 is 4.74 Å². The summed E-state index contributed by atoms with van der Waals surface area (Å²) in [7, 11) is 1.48. The van der Waals surface area contributed by atoms with E-state index in [-0.39, 0.29) is 10.7 Å². The van der Waals surface area contributed by atoms with E-state index in [0.717, 1.165) is 0 Å². The third-order valence-corrected chi connectivity index (χ3v) is 2.85. The molecule has 0 aliphatic carbocycles. The number of fused-ring (bicyclic) bond motifs is 1. The molecule has 1 aromatic heterocycles. The second-order valence-electron chi connectivity index (χ2n) is 3.12. The van der Waals surface area contributed by atoms with E-state index in [9.17, 15) is 4.79 Å². The van der Waals surface area contributed by atoms with Crippen LogP contribution in [0, 0.1) is 0 Å². The molecule has 0 radical (unpaired) electrons. The van der Waals surface area contributed by atoms with Crippen molar-refractivity contribution in [1.29, 1.82) is 0 Å². The molecule has 0 bridgehead atoms. The van der Waals surface area contributed by atoms with Crippen molar-refractivity contribution < 1.29 is 14.6 Å². The number of halogens is 2. The summed E-state index contributed by atoms with van der Waals surface area (Å²) < 4.78 is 5.09. The molecule has 4 nitrogen and oxygen atoms in total. The van der Waals surface area contributed by atoms with Crippen molar-refractivity contribution in [3.8, 4) is 5.75 Å². The highest BCUT2D eigenvalue weighted by Crippen LogP contribution is 2.36. The number of benzene rings is 1. The van der Waals surface area contributed by atoms with Gasteiger partial charge in [-0.05, 0) is 12.1 Å². The zero-order chi connectivity index (χ0) is 11.9. The van der Waals surface area contributed by atoms with Gasteiger partial charge >= 0.3 is 5.97 Å². The average molecular weight is 260 g/mol. The molecular formula is C10H7Cl2NO3. The van der Waals surface area contributed by atoms with Crippen molar-refractivity contribution in [2.24, 2.45) is 0 Å². The smallest absolute Gasteiger partial charge is 0.339 e. The number of H-pyrrole nitrogens is 1. The molecule has 0 unspecified atom stereocenters. The largest absolute Gasteiger partial charge is 0.495 e.